The van der Waals surface area contributed by atoms with Crippen LogP contribution in [0.5, 0.6) is 0 Å². The van der Waals surface area contributed by atoms with Gasteiger partial charge in [0.25, 0.3) is 0 Å². The van der Waals surface area contributed by atoms with Crippen molar-refractivity contribution >= 4 is 0 Å². The Kier molecular flexibility index (Phi) is 3.66. The largest absolute Gasteiger partial charge is 0.332 e. The van der Waals surface area contributed by atoms with Crippen LogP contribution >= 0.6 is 0 Å². The number of nitrogens with zero attached hydrogens (tertiary/aromatic N) is 3. The van der Waals surface area contributed by atoms with Crippen LogP contribution in [0.2, 0.25) is 0 Å². The standard InChI is InChI=1S/C14H24N4/c15-7-6-13-14-10-17(8-9-18(14)11-16-13)12-4-2-1-3-5-12/h11-12H,1-10,15H2. The van der Waals surface area contributed by atoms with Crippen molar-refractivity contribution in [3.05, 3.63) is 17.7 Å². The molecule has 0 amide bonds. The summed E-state index contributed by atoms with van der Waals surface area (Å²) in [6, 6.07) is 0.813. The smallest absolute Gasteiger partial charge is 0.0952 e. The number of fused-ring (bicyclic) bond motifs is 1. The molecule has 2 aliphatic rings. The Labute approximate surface area is 109 Å². The third-order valence-corrected chi connectivity index (χ3v) is 4.49. The molecule has 0 aromatic carbocycles. The van der Waals surface area contributed by atoms with Gasteiger partial charge in [0.15, 0.2) is 0 Å². The summed E-state index contributed by atoms with van der Waals surface area (Å²) >= 11 is 0. The van der Waals surface area contributed by atoms with Gasteiger partial charge in [-0.25, -0.2) is 4.98 Å². The SMILES string of the molecule is NCCc1ncn2c1CN(C1CCCCC1)CC2. The fourth-order valence-electron chi connectivity index (χ4n) is 3.44. The number of imidazole rings is 1. The maximum Gasteiger partial charge on any atom is 0.0952 e. The second kappa shape index (κ2) is 5.41. The van der Waals surface area contributed by atoms with Gasteiger partial charge in [-0.2, -0.15) is 0 Å². The van der Waals surface area contributed by atoms with Crippen molar-refractivity contribution in [1.82, 2.24) is 14.5 Å². The summed E-state index contributed by atoms with van der Waals surface area (Å²) in [6.07, 6.45) is 9.95. The van der Waals surface area contributed by atoms with E-state index >= 15 is 0 Å². The Bertz CT molecular complexity index is 392. The molecule has 4 nitrogen and oxygen atoms in total. The van der Waals surface area contributed by atoms with E-state index in [2.05, 4.69) is 14.5 Å². The van der Waals surface area contributed by atoms with E-state index in [0.29, 0.717) is 6.54 Å². The van der Waals surface area contributed by atoms with Crippen LogP contribution in [0.15, 0.2) is 6.33 Å². The van der Waals surface area contributed by atoms with Crippen LogP contribution < -0.4 is 5.73 Å². The molecule has 0 spiro atoms. The molecule has 0 bridgehead atoms. The summed E-state index contributed by atoms with van der Waals surface area (Å²) in [5, 5.41) is 0. The lowest BCUT2D eigenvalue weighted by atomic mass is 9.93. The molecule has 1 fully saturated rings. The van der Waals surface area contributed by atoms with Crippen molar-refractivity contribution < 1.29 is 0 Å². The van der Waals surface area contributed by atoms with Crippen molar-refractivity contribution in [2.45, 2.75) is 57.7 Å². The monoisotopic (exact) mass is 248 g/mol. The maximum atomic E-state index is 5.67. The second-order valence-corrected chi connectivity index (χ2v) is 5.63. The first kappa shape index (κ1) is 12.2. The maximum absolute atomic E-state index is 5.67. The Balaban J connectivity index is 1.72. The number of rotatable bonds is 3. The summed E-state index contributed by atoms with van der Waals surface area (Å²) in [5.74, 6) is 0. The van der Waals surface area contributed by atoms with Crippen molar-refractivity contribution in [2.24, 2.45) is 5.73 Å². The molecule has 2 heterocycles. The summed E-state index contributed by atoms with van der Waals surface area (Å²) in [5.41, 5.74) is 8.30. The van der Waals surface area contributed by atoms with Gasteiger partial charge in [-0.3, -0.25) is 4.90 Å². The van der Waals surface area contributed by atoms with E-state index in [1.54, 1.807) is 0 Å². The van der Waals surface area contributed by atoms with Gasteiger partial charge >= 0.3 is 0 Å². The summed E-state index contributed by atoms with van der Waals surface area (Å²) in [6.45, 7) is 4.08. The average Bonchev–Trinajstić information content (AvgIpc) is 2.83. The van der Waals surface area contributed by atoms with E-state index in [-0.39, 0.29) is 0 Å². The highest BCUT2D eigenvalue weighted by Gasteiger charge is 2.26. The molecule has 18 heavy (non-hydrogen) atoms. The first-order valence-electron chi connectivity index (χ1n) is 7.35. The minimum absolute atomic E-state index is 0.702. The molecule has 4 heteroatoms. The zero-order chi connectivity index (χ0) is 12.4. The van der Waals surface area contributed by atoms with Gasteiger partial charge < -0.3 is 10.3 Å². The van der Waals surface area contributed by atoms with Crippen LogP contribution in [0.4, 0.5) is 0 Å². The number of aromatic nitrogens is 2. The van der Waals surface area contributed by atoms with Crippen LogP contribution in [0.3, 0.4) is 0 Å². The van der Waals surface area contributed by atoms with Crippen LogP contribution in [0.25, 0.3) is 0 Å². The first-order chi connectivity index (χ1) is 8.88. The molecule has 1 aromatic heterocycles. The number of nitrogens with two attached hydrogens (primary N) is 1. The highest BCUT2D eigenvalue weighted by molar-refractivity contribution is 5.15. The fourth-order valence-corrected chi connectivity index (χ4v) is 3.44. The lowest BCUT2D eigenvalue weighted by Gasteiger charge is -2.37. The molecule has 3 rings (SSSR count). The zero-order valence-electron chi connectivity index (χ0n) is 11.1. The molecule has 1 aliphatic carbocycles. The summed E-state index contributed by atoms with van der Waals surface area (Å²) in [4.78, 5) is 7.20. The topological polar surface area (TPSA) is 47.1 Å². The van der Waals surface area contributed by atoms with Crippen molar-refractivity contribution in [2.75, 3.05) is 13.1 Å². The van der Waals surface area contributed by atoms with Crippen molar-refractivity contribution in [3.8, 4) is 0 Å². The third-order valence-electron chi connectivity index (χ3n) is 4.49. The fraction of sp³-hybridized carbons (Fsp3) is 0.786. The average molecular weight is 248 g/mol. The highest BCUT2D eigenvalue weighted by Crippen LogP contribution is 2.26. The van der Waals surface area contributed by atoms with Gasteiger partial charge in [-0.05, 0) is 19.4 Å². The Morgan fingerprint density at radius 2 is 2.06 bits per heavy atom. The molecule has 100 valence electrons. The minimum atomic E-state index is 0.702. The number of hydrogen-bond donors (Lipinski definition) is 1. The Morgan fingerprint density at radius 3 is 2.83 bits per heavy atom. The van der Waals surface area contributed by atoms with E-state index in [1.807, 2.05) is 6.33 Å². The molecule has 0 unspecified atom stereocenters. The zero-order valence-corrected chi connectivity index (χ0v) is 11.1. The van der Waals surface area contributed by atoms with Gasteiger partial charge in [0.2, 0.25) is 0 Å². The molecule has 0 radical (unpaired) electrons. The Hall–Kier alpha value is -0.870. The summed E-state index contributed by atoms with van der Waals surface area (Å²) in [7, 11) is 0. The van der Waals surface area contributed by atoms with Gasteiger partial charge in [-0.1, -0.05) is 19.3 Å². The van der Waals surface area contributed by atoms with Gasteiger partial charge in [0.1, 0.15) is 0 Å². The van der Waals surface area contributed by atoms with Crippen molar-refractivity contribution in [1.29, 1.82) is 0 Å². The predicted molar refractivity (Wildman–Crippen MR) is 72.3 cm³/mol. The molecule has 0 atom stereocenters. The predicted octanol–water partition coefficient (Wildman–Crippen LogP) is 1.53. The molecule has 1 aliphatic heterocycles. The van der Waals surface area contributed by atoms with Crippen LogP contribution in [-0.2, 0) is 19.5 Å². The first-order valence-corrected chi connectivity index (χ1v) is 7.35. The lowest BCUT2D eigenvalue weighted by molar-refractivity contribution is 0.123. The van der Waals surface area contributed by atoms with Gasteiger partial charge in [0.05, 0.1) is 17.7 Å². The van der Waals surface area contributed by atoms with E-state index in [0.717, 1.165) is 25.6 Å². The normalized spacial score (nSPS) is 22.1. The van der Waals surface area contributed by atoms with Gasteiger partial charge in [0, 0.05) is 32.1 Å². The molecule has 1 saturated carbocycles. The molecular formula is C14H24N4. The second-order valence-electron chi connectivity index (χ2n) is 5.63. The third kappa shape index (κ3) is 2.31. The van der Waals surface area contributed by atoms with E-state index in [1.165, 1.54) is 50.0 Å². The van der Waals surface area contributed by atoms with E-state index in [9.17, 15) is 0 Å². The summed E-state index contributed by atoms with van der Waals surface area (Å²) < 4.78 is 2.32. The quantitative estimate of drug-likeness (QED) is 0.882. The minimum Gasteiger partial charge on any atom is -0.332 e. The highest BCUT2D eigenvalue weighted by atomic mass is 15.2. The molecule has 1 aromatic rings. The lowest BCUT2D eigenvalue weighted by Crippen LogP contribution is -2.42. The van der Waals surface area contributed by atoms with Gasteiger partial charge in [-0.15, -0.1) is 0 Å². The molecule has 2 N–H and O–H groups in total. The van der Waals surface area contributed by atoms with Crippen LogP contribution in [0, 0.1) is 0 Å². The Morgan fingerprint density at radius 1 is 1.22 bits per heavy atom. The van der Waals surface area contributed by atoms with Crippen molar-refractivity contribution in [3.63, 3.8) is 0 Å². The molecular weight excluding hydrogens is 224 g/mol. The van der Waals surface area contributed by atoms with Crippen LogP contribution in [-0.4, -0.2) is 33.6 Å². The van der Waals surface area contributed by atoms with E-state index in [4.69, 9.17) is 5.73 Å². The van der Waals surface area contributed by atoms with E-state index < -0.39 is 0 Å². The molecule has 0 saturated heterocycles. The number of hydrogen-bond acceptors (Lipinski definition) is 3. The van der Waals surface area contributed by atoms with Crippen LogP contribution in [0.1, 0.15) is 43.5 Å².